The monoisotopic (exact) mass is 372 g/mol. The van der Waals surface area contributed by atoms with Crippen molar-refractivity contribution in [2.45, 2.75) is 50.0 Å². The van der Waals surface area contributed by atoms with Crippen molar-refractivity contribution in [3.8, 4) is 0 Å². The SMILES string of the molecule is C.C.C.C.C.CNCCCOCCCNC.CNCCOCCNC. The zero-order chi connectivity index (χ0) is 15.3. The molecule has 164 valence electrons. The van der Waals surface area contributed by atoms with Gasteiger partial charge in [-0.1, -0.05) is 37.1 Å². The summed E-state index contributed by atoms with van der Waals surface area (Å²) < 4.78 is 10.5. The molecule has 0 fully saturated rings. The van der Waals surface area contributed by atoms with Gasteiger partial charge >= 0.3 is 0 Å². The molecule has 0 aliphatic rings. The number of rotatable bonds is 14. The summed E-state index contributed by atoms with van der Waals surface area (Å²) in [5, 5.41) is 12.2. The van der Waals surface area contributed by atoms with Crippen molar-refractivity contribution in [1.82, 2.24) is 21.3 Å². The Kier molecular flexibility index (Phi) is 87.8. The van der Waals surface area contributed by atoms with Crippen LogP contribution < -0.4 is 21.3 Å². The summed E-state index contributed by atoms with van der Waals surface area (Å²) in [6.45, 7) is 7.33. The zero-order valence-electron chi connectivity index (χ0n) is 13.9. The third kappa shape index (κ3) is 59.4. The molecule has 0 amide bonds. The first-order chi connectivity index (χ1) is 9.83. The molecular weight excluding hydrogens is 316 g/mol. The first kappa shape index (κ1) is 44.3. The summed E-state index contributed by atoms with van der Waals surface area (Å²) in [4.78, 5) is 0. The van der Waals surface area contributed by atoms with E-state index in [1.54, 1.807) is 0 Å². The minimum absolute atomic E-state index is 0. The molecule has 0 aliphatic carbocycles. The highest BCUT2D eigenvalue weighted by molar-refractivity contribution is 4.42. The molecule has 0 saturated heterocycles. The molecule has 0 aromatic rings. The highest BCUT2D eigenvalue weighted by Crippen LogP contribution is 1.83. The third-order valence-corrected chi connectivity index (χ3v) is 2.42. The van der Waals surface area contributed by atoms with Gasteiger partial charge in [0.05, 0.1) is 13.2 Å². The molecule has 0 aromatic heterocycles. The molecule has 0 saturated carbocycles. The van der Waals surface area contributed by atoms with Crippen molar-refractivity contribution in [3.63, 3.8) is 0 Å². The van der Waals surface area contributed by atoms with Gasteiger partial charge < -0.3 is 30.7 Å². The molecule has 0 rings (SSSR count). The number of hydrogen-bond donors (Lipinski definition) is 4. The molecule has 0 atom stereocenters. The van der Waals surface area contributed by atoms with Crippen molar-refractivity contribution in [2.24, 2.45) is 0 Å². The molecule has 0 aliphatic heterocycles. The van der Waals surface area contributed by atoms with E-state index >= 15 is 0 Å². The lowest BCUT2D eigenvalue weighted by Crippen LogP contribution is -2.19. The van der Waals surface area contributed by atoms with Crippen molar-refractivity contribution in [3.05, 3.63) is 0 Å². The number of hydrogen-bond acceptors (Lipinski definition) is 6. The second-order valence-electron chi connectivity index (χ2n) is 4.35. The molecule has 25 heavy (non-hydrogen) atoms. The van der Waals surface area contributed by atoms with Gasteiger partial charge in [-0.3, -0.25) is 0 Å². The topological polar surface area (TPSA) is 66.6 Å². The van der Waals surface area contributed by atoms with Crippen molar-refractivity contribution < 1.29 is 9.47 Å². The number of ether oxygens (including phenoxy) is 2. The standard InChI is InChI=1S/C8H20N2O.C6H16N2O.5CH4/c1-9-5-3-7-11-8-4-6-10-2;1-7-3-5-9-6-4-8-2;;;;;/h9-10H,3-8H2,1-2H3;7-8H,3-6H2,1-2H3;5*1H4. The molecule has 6 heteroatoms. The summed E-state index contributed by atoms with van der Waals surface area (Å²) in [5.41, 5.74) is 0. The average molecular weight is 373 g/mol. The Morgan fingerprint density at radius 1 is 0.440 bits per heavy atom. The van der Waals surface area contributed by atoms with Crippen LogP contribution in [0.25, 0.3) is 0 Å². The van der Waals surface area contributed by atoms with Crippen LogP contribution in [0.4, 0.5) is 0 Å². The minimum atomic E-state index is 0. The van der Waals surface area contributed by atoms with E-state index in [1.165, 1.54) is 0 Å². The van der Waals surface area contributed by atoms with Crippen LogP contribution in [-0.2, 0) is 9.47 Å². The van der Waals surface area contributed by atoms with Gasteiger partial charge in [-0.15, -0.1) is 0 Å². The maximum atomic E-state index is 5.36. The zero-order valence-corrected chi connectivity index (χ0v) is 13.9. The van der Waals surface area contributed by atoms with Crippen LogP contribution in [0.15, 0.2) is 0 Å². The molecule has 0 radical (unpaired) electrons. The lowest BCUT2D eigenvalue weighted by atomic mass is 10.4. The Hall–Kier alpha value is -0.240. The Morgan fingerprint density at radius 3 is 1.00 bits per heavy atom. The second kappa shape index (κ2) is 49.6. The van der Waals surface area contributed by atoms with E-state index in [0.29, 0.717) is 0 Å². The summed E-state index contributed by atoms with van der Waals surface area (Å²) in [6, 6.07) is 0. The first-order valence-electron chi connectivity index (χ1n) is 7.57. The highest BCUT2D eigenvalue weighted by Gasteiger charge is 1.87. The molecule has 0 aromatic carbocycles. The lowest BCUT2D eigenvalue weighted by Gasteiger charge is -2.02. The third-order valence-electron chi connectivity index (χ3n) is 2.42. The Balaban J connectivity index is -0.0000000437. The van der Waals surface area contributed by atoms with Crippen molar-refractivity contribution in [1.29, 1.82) is 0 Å². The van der Waals surface area contributed by atoms with E-state index in [0.717, 1.165) is 65.4 Å². The van der Waals surface area contributed by atoms with Gasteiger partial charge in [-0.05, 0) is 54.1 Å². The number of likely N-dealkylation sites (N-methyl/N-ethyl adjacent to an activating group) is 2. The van der Waals surface area contributed by atoms with Crippen LogP contribution in [0.1, 0.15) is 50.0 Å². The average Bonchev–Trinajstić information content (AvgIpc) is 2.47. The van der Waals surface area contributed by atoms with E-state index in [9.17, 15) is 0 Å². The van der Waals surface area contributed by atoms with Crippen LogP contribution in [0.5, 0.6) is 0 Å². The highest BCUT2D eigenvalue weighted by atomic mass is 16.5. The predicted octanol–water partition coefficient (Wildman–Crippen LogP) is 2.84. The molecule has 0 unspecified atom stereocenters. The fourth-order valence-electron chi connectivity index (χ4n) is 1.25. The van der Waals surface area contributed by atoms with E-state index in [4.69, 9.17) is 9.47 Å². The fourth-order valence-corrected chi connectivity index (χ4v) is 1.25. The summed E-state index contributed by atoms with van der Waals surface area (Å²) >= 11 is 0. The van der Waals surface area contributed by atoms with Crippen molar-refractivity contribution >= 4 is 0 Å². The van der Waals surface area contributed by atoms with Crippen molar-refractivity contribution in [2.75, 3.05) is 80.8 Å². The first-order valence-corrected chi connectivity index (χ1v) is 7.57. The summed E-state index contributed by atoms with van der Waals surface area (Å²) in [7, 11) is 7.75. The number of nitrogens with one attached hydrogen (secondary N) is 4. The summed E-state index contributed by atoms with van der Waals surface area (Å²) in [6.07, 6.45) is 2.21. The molecule has 0 spiro atoms. The predicted molar refractivity (Wildman–Crippen MR) is 120 cm³/mol. The van der Waals surface area contributed by atoms with Crippen LogP contribution >= 0.6 is 0 Å². The van der Waals surface area contributed by atoms with Crippen LogP contribution in [0, 0.1) is 0 Å². The van der Waals surface area contributed by atoms with Gasteiger partial charge in [0, 0.05) is 26.3 Å². The van der Waals surface area contributed by atoms with E-state index in [1.807, 2.05) is 28.2 Å². The fraction of sp³-hybridized carbons (Fsp3) is 1.00. The quantitative estimate of drug-likeness (QED) is 0.352. The Labute approximate surface area is 162 Å². The smallest absolute Gasteiger partial charge is 0.0591 e. The summed E-state index contributed by atoms with van der Waals surface area (Å²) in [5.74, 6) is 0. The normalized spacial score (nSPS) is 8.16. The van der Waals surface area contributed by atoms with Gasteiger partial charge in [0.2, 0.25) is 0 Å². The largest absolute Gasteiger partial charge is 0.381 e. The van der Waals surface area contributed by atoms with Crippen LogP contribution in [-0.4, -0.2) is 80.8 Å². The molecule has 0 heterocycles. The lowest BCUT2D eigenvalue weighted by molar-refractivity contribution is 0.130. The maximum Gasteiger partial charge on any atom is 0.0591 e. The van der Waals surface area contributed by atoms with E-state index < -0.39 is 0 Å². The van der Waals surface area contributed by atoms with Gasteiger partial charge in [0.1, 0.15) is 0 Å². The van der Waals surface area contributed by atoms with Gasteiger partial charge in [-0.2, -0.15) is 0 Å². The molecule has 4 N–H and O–H groups in total. The maximum absolute atomic E-state index is 5.36. The Bertz CT molecular complexity index is 139. The molecular formula is C19H56N4O2. The van der Waals surface area contributed by atoms with Gasteiger partial charge in [0.15, 0.2) is 0 Å². The van der Waals surface area contributed by atoms with E-state index in [2.05, 4.69) is 21.3 Å². The minimum Gasteiger partial charge on any atom is -0.381 e. The van der Waals surface area contributed by atoms with E-state index in [-0.39, 0.29) is 37.1 Å². The molecule has 0 bridgehead atoms. The van der Waals surface area contributed by atoms with Crippen LogP contribution in [0.3, 0.4) is 0 Å². The molecule has 6 nitrogen and oxygen atoms in total. The van der Waals surface area contributed by atoms with Gasteiger partial charge in [0.25, 0.3) is 0 Å². The van der Waals surface area contributed by atoms with Crippen LogP contribution in [0.2, 0.25) is 0 Å². The Morgan fingerprint density at radius 2 is 0.720 bits per heavy atom. The van der Waals surface area contributed by atoms with Gasteiger partial charge in [-0.25, -0.2) is 0 Å². The second-order valence-corrected chi connectivity index (χ2v) is 4.35.